The van der Waals surface area contributed by atoms with Crippen molar-refractivity contribution >= 4 is 46.6 Å². The fourth-order valence-corrected chi connectivity index (χ4v) is 7.12. The number of carbonyl (C=O) groups excluding carboxylic acids is 3. The predicted octanol–water partition coefficient (Wildman–Crippen LogP) is 5.31. The van der Waals surface area contributed by atoms with Crippen molar-refractivity contribution in [1.29, 1.82) is 0 Å². The molecule has 3 heterocycles. The first kappa shape index (κ1) is 32.7. The van der Waals surface area contributed by atoms with Crippen LogP contribution in [0.5, 0.6) is 0 Å². The molecule has 0 unspecified atom stereocenters. The predicted molar refractivity (Wildman–Crippen MR) is 171 cm³/mol. The maximum absolute atomic E-state index is 14.8. The quantitative estimate of drug-likeness (QED) is 0.339. The number of rotatable bonds is 8. The molecule has 8 nitrogen and oxygen atoms in total. The highest BCUT2D eigenvalue weighted by atomic mass is 35.5. The molecule has 11 heteroatoms. The molecule has 0 bridgehead atoms. The standard InChI is InChI=1S/C33H42Cl2FN5O3/c1-32(2)13-5-6-19-41(32)27(42)10-7-18-40-21-23-9-4-3-8-22(23)20-26(40)30(43)39-33(14-16-37-17-15-33)31(44)38-25-12-11-24(34)28(35)29(25)36/h3-4,8-9,11-12,26,37H,5-7,10,13-21H2,1-2H3,(H,38,44)(H,39,43)/t26-/m0/s1. The van der Waals surface area contributed by atoms with Crippen molar-refractivity contribution < 1.29 is 18.8 Å². The van der Waals surface area contributed by atoms with Gasteiger partial charge >= 0.3 is 0 Å². The molecule has 0 radical (unpaired) electrons. The van der Waals surface area contributed by atoms with Crippen LogP contribution in [0.15, 0.2) is 36.4 Å². The van der Waals surface area contributed by atoms with Gasteiger partial charge in [-0.1, -0.05) is 47.5 Å². The van der Waals surface area contributed by atoms with E-state index in [4.69, 9.17) is 23.2 Å². The van der Waals surface area contributed by atoms with Crippen LogP contribution in [-0.2, 0) is 27.3 Å². The van der Waals surface area contributed by atoms with Crippen molar-refractivity contribution in [1.82, 2.24) is 20.4 Å². The van der Waals surface area contributed by atoms with Gasteiger partial charge in [-0.05, 0) is 102 Å². The van der Waals surface area contributed by atoms with E-state index in [1.54, 1.807) is 0 Å². The number of amides is 3. The number of fused-ring (bicyclic) bond motifs is 1. The summed E-state index contributed by atoms with van der Waals surface area (Å²) in [6.07, 6.45) is 5.40. The molecule has 2 fully saturated rings. The van der Waals surface area contributed by atoms with Crippen LogP contribution in [0.25, 0.3) is 0 Å². The Morgan fingerprint density at radius 2 is 1.75 bits per heavy atom. The average molecular weight is 647 g/mol. The number of halogens is 3. The van der Waals surface area contributed by atoms with E-state index in [0.717, 1.165) is 36.9 Å². The van der Waals surface area contributed by atoms with Gasteiger partial charge in [-0.25, -0.2) is 4.39 Å². The molecule has 3 aliphatic heterocycles. The van der Waals surface area contributed by atoms with E-state index in [9.17, 15) is 18.8 Å². The molecule has 0 aliphatic carbocycles. The van der Waals surface area contributed by atoms with Gasteiger partial charge in [0.1, 0.15) is 5.54 Å². The van der Waals surface area contributed by atoms with Crippen LogP contribution in [0.3, 0.4) is 0 Å². The minimum absolute atomic E-state index is 0.0473. The molecule has 44 heavy (non-hydrogen) atoms. The summed E-state index contributed by atoms with van der Waals surface area (Å²) in [6, 6.07) is 10.3. The Hall–Kier alpha value is -2.72. The number of likely N-dealkylation sites (tertiary alicyclic amines) is 1. The fraction of sp³-hybridized carbons (Fsp3) is 0.545. The highest BCUT2D eigenvalue weighted by Gasteiger charge is 2.44. The van der Waals surface area contributed by atoms with Crippen LogP contribution in [0, 0.1) is 5.82 Å². The summed E-state index contributed by atoms with van der Waals surface area (Å²) in [5, 5.41) is 8.77. The molecule has 0 saturated carbocycles. The molecule has 2 aromatic rings. The molecular formula is C33H42Cl2FN5O3. The van der Waals surface area contributed by atoms with Crippen LogP contribution < -0.4 is 16.0 Å². The molecule has 2 saturated heterocycles. The largest absolute Gasteiger partial charge is 0.340 e. The van der Waals surface area contributed by atoms with Crippen molar-refractivity contribution in [2.75, 3.05) is 31.5 Å². The number of anilines is 1. The second-order valence-electron chi connectivity index (χ2n) is 12.9. The van der Waals surface area contributed by atoms with Crippen molar-refractivity contribution in [3.63, 3.8) is 0 Å². The van der Waals surface area contributed by atoms with Gasteiger partial charge < -0.3 is 20.9 Å². The maximum Gasteiger partial charge on any atom is 0.250 e. The van der Waals surface area contributed by atoms with E-state index >= 15 is 0 Å². The Labute approximate surface area is 269 Å². The van der Waals surface area contributed by atoms with Gasteiger partial charge in [0.2, 0.25) is 17.7 Å². The number of nitrogens with one attached hydrogen (secondary N) is 3. The number of carbonyl (C=O) groups is 3. The molecule has 2 aromatic carbocycles. The van der Waals surface area contributed by atoms with Crippen molar-refractivity contribution in [2.45, 2.75) is 88.9 Å². The SMILES string of the molecule is CC1(C)CCCCN1C(=O)CCCN1Cc2ccccc2C[C@H]1C(=O)NC1(C(=O)Nc2ccc(Cl)c(Cl)c2F)CCNCC1. The van der Waals surface area contributed by atoms with E-state index in [0.29, 0.717) is 58.3 Å². The lowest BCUT2D eigenvalue weighted by atomic mass is 9.85. The first-order valence-electron chi connectivity index (χ1n) is 15.6. The summed E-state index contributed by atoms with van der Waals surface area (Å²) in [5.74, 6) is -1.41. The molecule has 3 amide bonds. The molecular weight excluding hydrogens is 604 g/mol. The number of benzene rings is 2. The highest BCUT2D eigenvalue weighted by molar-refractivity contribution is 6.42. The van der Waals surface area contributed by atoms with Crippen LogP contribution >= 0.6 is 23.2 Å². The first-order chi connectivity index (χ1) is 21.0. The lowest BCUT2D eigenvalue weighted by Crippen LogP contribution is -2.64. The highest BCUT2D eigenvalue weighted by Crippen LogP contribution is 2.32. The van der Waals surface area contributed by atoms with Gasteiger partial charge in [0.25, 0.3) is 0 Å². The van der Waals surface area contributed by atoms with E-state index in [-0.39, 0.29) is 33.1 Å². The number of piperidine rings is 2. The van der Waals surface area contributed by atoms with E-state index in [1.165, 1.54) is 12.1 Å². The van der Waals surface area contributed by atoms with Gasteiger partial charge in [0, 0.05) is 25.0 Å². The minimum atomic E-state index is -1.24. The third kappa shape index (κ3) is 7.06. The third-order valence-corrected chi connectivity index (χ3v) is 10.3. The molecule has 238 valence electrons. The molecule has 3 aliphatic rings. The first-order valence-corrected chi connectivity index (χ1v) is 16.4. The second-order valence-corrected chi connectivity index (χ2v) is 13.7. The van der Waals surface area contributed by atoms with Gasteiger partial charge in [-0.15, -0.1) is 0 Å². The van der Waals surface area contributed by atoms with Crippen molar-refractivity contribution in [2.24, 2.45) is 0 Å². The van der Waals surface area contributed by atoms with E-state index < -0.39 is 23.3 Å². The zero-order valence-corrected chi connectivity index (χ0v) is 27.0. The van der Waals surface area contributed by atoms with Gasteiger partial charge in [0.15, 0.2) is 5.82 Å². The Kier molecular flexibility index (Phi) is 10.2. The minimum Gasteiger partial charge on any atom is -0.340 e. The monoisotopic (exact) mass is 645 g/mol. The Morgan fingerprint density at radius 3 is 2.48 bits per heavy atom. The number of hydrogen-bond acceptors (Lipinski definition) is 5. The molecule has 1 atom stereocenters. The van der Waals surface area contributed by atoms with Crippen molar-refractivity contribution in [3.8, 4) is 0 Å². The summed E-state index contributed by atoms with van der Waals surface area (Å²) in [4.78, 5) is 45.2. The number of hydrogen-bond donors (Lipinski definition) is 3. The molecule has 0 spiro atoms. The van der Waals surface area contributed by atoms with Crippen LogP contribution in [0.4, 0.5) is 10.1 Å². The summed E-state index contributed by atoms with van der Waals surface area (Å²) >= 11 is 11.9. The smallest absolute Gasteiger partial charge is 0.250 e. The summed E-state index contributed by atoms with van der Waals surface area (Å²) < 4.78 is 14.8. The maximum atomic E-state index is 14.8. The number of nitrogens with zero attached hydrogens (tertiary/aromatic N) is 2. The zero-order valence-electron chi connectivity index (χ0n) is 25.5. The van der Waals surface area contributed by atoms with Gasteiger partial charge in [-0.3, -0.25) is 19.3 Å². The summed E-state index contributed by atoms with van der Waals surface area (Å²) in [6.45, 7) is 7.24. The summed E-state index contributed by atoms with van der Waals surface area (Å²) in [7, 11) is 0. The van der Waals surface area contributed by atoms with Gasteiger partial charge in [0.05, 0.1) is 21.8 Å². The normalized spacial score (nSPS) is 21.3. The zero-order chi connectivity index (χ0) is 31.5. The van der Waals surface area contributed by atoms with Crippen molar-refractivity contribution in [3.05, 3.63) is 63.4 Å². The summed E-state index contributed by atoms with van der Waals surface area (Å²) in [5.41, 5.74) is 0.790. The Balaban J connectivity index is 1.31. The Bertz CT molecular complexity index is 1400. The lowest BCUT2D eigenvalue weighted by Gasteiger charge is -2.43. The van der Waals surface area contributed by atoms with Crippen LogP contribution in [0.1, 0.15) is 69.9 Å². The molecule has 5 rings (SSSR count). The molecule has 0 aromatic heterocycles. The average Bonchev–Trinajstić information content (AvgIpc) is 3.01. The topological polar surface area (TPSA) is 93.8 Å². The Morgan fingerprint density at radius 1 is 1.02 bits per heavy atom. The van der Waals surface area contributed by atoms with Gasteiger partial charge in [-0.2, -0.15) is 0 Å². The second kappa shape index (κ2) is 13.7. The van der Waals surface area contributed by atoms with E-state index in [1.807, 2.05) is 23.1 Å². The third-order valence-electron chi connectivity index (χ3n) is 9.47. The molecule has 3 N–H and O–H groups in total. The van der Waals surface area contributed by atoms with E-state index in [2.05, 4.69) is 40.8 Å². The fourth-order valence-electron chi connectivity index (χ4n) is 6.81. The van der Waals surface area contributed by atoms with Crippen LogP contribution in [0.2, 0.25) is 10.0 Å². The lowest BCUT2D eigenvalue weighted by molar-refractivity contribution is -0.138. The van der Waals surface area contributed by atoms with Crippen LogP contribution in [-0.4, -0.2) is 70.8 Å².